The molecular formula is C35H39FN6O3. The lowest BCUT2D eigenvalue weighted by Gasteiger charge is -2.41. The number of halogens is 1. The molecule has 45 heavy (non-hydrogen) atoms. The predicted molar refractivity (Wildman–Crippen MR) is 172 cm³/mol. The maximum Gasteiger partial charge on any atom is 0.319 e. The minimum atomic E-state index is -0.459. The monoisotopic (exact) mass is 610 g/mol. The number of hydrogen-bond acceptors (Lipinski definition) is 8. The molecule has 0 saturated carbocycles. The molecule has 8 rings (SSSR count). The summed E-state index contributed by atoms with van der Waals surface area (Å²) in [5, 5.41) is 15.6. The maximum atomic E-state index is 16.8. The van der Waals surface area contributed by atoms with Crippen LogP contribution in [0.5, 0.6) is 11.8 Å². The van der Waals surface area contributed by atoms with Crippen molar-refractivity contribution in [1.82, 2.24) is 25.1 Å². The van der Waals surface area contributed by atoms with Crippen molar-refractivity contribution in [2.45, 2.75) is 56.1 Å². The van der Waals surface area contributed by atoms with E-state index in [-0.39, 0.29) is 40.8 Å². The van der Waals surface area contributed by atoms with Gasteiger partial charge in [-0.2, -0.15) is 9.97 Å². The molecule has 4 aliphatic rings. The summed E-state index contributed by atoms with van der Waals surface area (Å²) in [5.41, 5.74) is 1.20. The summed E-state index contributed by atoms with van der Waals surface area (Å²) in [6.07, 6.45) is 6.51. The van der Waals surface area contributed by atoms with E-state index >= 15 is 4.39 Å². The molecule has 3 aromatic carbocycles. The predicted octanol–water partition coefficient (Wildman–Crippen LogP) is 4.70. The van der Waals surface area contributed by atoms with E-state index in [9.17, 15) is 9.90 Å². The molecule has 10 heteroatoms. The van der Waals surface area contributed by atoms with Crippen LogP contribution in [-0.2, 0) is 4.79 Å². The van der Waals surface area contributed by atoms with Gasteiger partial charge in [-0.3, -0.25) is 14.6 Å². The van der Waals surface area contributed by atoms with Gasteiger partial charge in [0.05, 0.1) is 12.1 Å². The molecule has 9 nitrogen and oxygen atoms in total. The SMILES string of the molecule is CNC(=O)CN1C2CCC1CN(c1nc(OCC34CCCN3CCC4)nc3c(F)c(-c4cc(O)cc5ccccc45)ccc13)C2. The lowest BCUT2D eigenvalue weighted by molar-refractivity contribution is -0.122. The Morgan fingerprint density at radius 1 is 1.02 bits per heavy atom. The molecule has 234 valence electrons. The number of fused-ring (bicyclic) bond motifs is 5. The second-order valence-electron chi connectivity index (χ2n) is 13.2. The zero-order valence-corrected chi connectivity index (χ0v) is 25.6. The highest BCUT2D eigenvalue weighted by Crippen LogP contribution is 2.42. The van der Waals surface area contributed by atoms with Crippen LogP contribution in [0.15, 0.2) is 48.5 Å². The number of aromatic nitrogens is 2. The van der Waals surface area contributed by atoms with Gasteiger partial charge in [0.15, 0.2) is 5.82 Å². The number of likely N-dealkylation sites (N-methyl/N-ethyl adjacent to an activating group) is 1. The van der Waals surface area contributed by atoms with Crippen LogP contribution in [0.25, 0.3) is 32.8 Å². The Morgan fingerprint density at radius 3 is 2.53 bits per heavy atom. The van der Waals surface area contributed by atoms with Crippen molar-refractivity contribution in [2.75, 3.05) is 51.3 Å². The minimum Gasteiger partial charge on any atom is -0.508 e. The smallest absolute Gasteiger partial charge is 0.319 e. The topological polar surface area (TPSA) is 94.1 Å². The Labute approximate surface area is 262 Å². The minimum absolute atomic E-state index is 0.00391. The van der Waals surface area contributed by atoms with Gasteiger partial charge in [0.2, 0.25) is 5.91 Å². The Bertz CT molecular complexity index is 1770. The van der Waals surface area contributed by atoms with Crippen LogP contribution in [0.3, 0.4) is 0 Å². The first-order chi connectivity index (χ1) is 21.9. The van der Waals surface area contributed by atoms with Crippen LogP contribution in [-0.4, -0.2) is 94.8 Å². The fraction of sp³-hybridized carbons (Fsp3) is 0.457. The molecule has 4 aromatic rings. The Kier molecular flexibility index (Phi) is 7.02. The van der Waals surface area contributed by atoms with Crippen LogP contribution in [0.4, 0.5) is 10.2 Å². The summed E-state index contributed by atoms with van der Waals surface area (Å²) < 4.78 is 23.2. The number of aromatic hydroxyl groups is 1. The van der Waals surface area contributed by atoms with E-state index in [1.54, 1.807) is 25.2 Å². The number of hydrogen-bond donors (Lipinski definition) is 2. The van der Waals surface area contributed by atoms with Gasteiger partial charge in [-0.15, -0.1) is 0 Å². The third-order valence-electron chi connectivity index (χ3n) is 10.7. The largest absolute Gasteiger partial charge is 0.508 e. The van der Waals surface area contributed by atoms with Gasteiger partial charge in [0.25, 0.3) is 0 Å². The normalized spacial score (nSPS) is 22.8. The number of nitrogens with zero attached hydrogens (tertiary/aromatic N) is 5. The highest BCUT2D eigenvalue weighted by molar-refractivity contribution is 6.01. The lowest BCUT2D eigenvalue weighted by Crippen LogP contribution is -2.56. The van der Waals surface area contributed by atoms with Crippen molar-refractivity contribution < 1.29 is 19.0 Å². The van der Waals surface area contributed by atoms with E-state index in [0.29, 0.717) is 48.6 Å². The Balaban J connectivity index is 1.21. The van der Waals surface area contributed by atoms with E-state index in [1.165, 1.54) is 0 Å². The van der Waals surface area contributed by atoms with Gasteiger partial charge in [0.1, 0.15) is 23.7 Å². The fourth-order valence-electron chi connectivity index (χ4n) is 8.48. The van der Waals surface area contributed by atoms with Crippen molar-refractivity contribution in [3.63, 3.8) is 0 Å². The second kappa shape index (κ2) is 11.1. The van der Waals surface area contributed by atoms with E-state index in [4.69, 9.17) is 14.7 Å². The molecule has 2 atom stereocenters. The molecule has 1 aromatic heterocycles. The molecular weight excluding hydrogens is 571 g/mol. The molecule has 0 aliphatic carbocycles. The van der Waals surface area contributed by atoms with E-state index in [1.807, 2.05) is 30.3 Å². The number of phenols is 1. The van der Waals surface area contributed by atoms with Gasteiger partial charge < -0.3 is 20.1 Å². The number of rotatable bonds is 7. The standard InChI is InChI=1S/C35H39FN6O3/c1-37-30(44)20-42-23-8-9-24(42)19-40(18-23)33-28-11-10-27(29-17-25(43)16-22-6-2-3-7-26(22)29)31(36)32(28)38-34(39-33)45-21-35-12-4-14-41(35)15-5-13-35/h2-3,6-7,10-11,16-17,23-24,43H,4-5,8-9,12-15,18-21H2,1H3,(H,37,44). The van der Waals surface area contributed by atoms with Crippen molar-refractivity contribution in [3.05, 3.63) is 54.3 Å². The number of anilines is 1. The van der Waals surface area contributed by atoms with Crippen LogP contribution in [0, 0.1) is 5.82 Å². The zero-order chi connectivity index (χ0) is 30.7. The molecule has 2 N–H and O–H groups in total. The average molecular weight is 611 g/mol. The fourth-order valence-corrected chi connectivity index (χ4v) is 8.48. The number of benzene rings is 3. The number of ether oxygens (including phenoxy) is 1. The summed E-state index contributed by atoms with van der Waals surface area (Å²) in [6, 6.07) is 15.3. The summed E-state index contributed by atoms with van der Waals surface area (Å²) in [5.74, 6) is 0.312. The van der Waals surface area contributed by atoms with Gasteiger partial charge >= 0.3 is 6.01 Å². The van der Waals surface area contributed by atoms with Gasteiger partial charge in [0, 0.05) is 43.2 Å². The van der Waals surface area contributed by atoms with Gasteiger partial charge in [-0.05, 0) is 86.1 Å². The number of phenolic OH excluding ortho intramolecular Hbond substituents is 1. The second-order valence-corrected chi connectivity index (χ2v) is 13.2. The average Bonchev–Trinajstić information content (AvgIpc) is 3.69. The van der Waals surface area contributed by atoms with E-state index in [2.05, 4.69) is 20.0 Å². The van der Waals surface area contributed by atoms with Gasteiger partial charge in [-0.25, -0.2) is 4.39 Å². The third-order valence-corrected chi connectivity index (χ3v) is 10.7. The van der Waals surface area contributed by atoms with Crippen molar-refractivity contribution in [2.24, 2.45) is 0 Å². The van der Waals surface area contributed by atoms with E-state index < -0.39 is 5.82 Å². The Morgan fingerprint density at radius 2 is 1.78 bits per heavy atom. The number of piperazine rings is 1. The van der Waals surface area contributed by atoms with Crippen molar-refractivity contribution in [3.8, 4) is 22.9 Å². The molecule has 5 heterocycles. The number of amides is 1. The quantitative estimate of drug-likeness (QED) is 0.311. The molecule has 4 aliphatic heterocycles. The first kappa shape index (κ1) is 28.5. The summed E-state index contributed by atoms with van der Waals surface area (Å²) in [7, 11) is 1.67. The van der Waals surface area contributed by atoms with Crippen molar-refractivity contribution in [1.29, 1.82) is 0 Å². The molecule has 2 unspecified atom stereocenters. The molecule has 0 radical (unpaired) electrons. The van der Waals surface area contributed by atoms with Crippen LogP contribution < -0.4 is 15.0 Å². The molecule has 0 spiro atoms. The van der Waals surface area contributed by atoms with Crippen LogP contribution in [0.1, 0.15) is 38.5 Å². The summed E-state index contributed by atoms with van der Waals surface area (Å²) >= 11 is 0. The number of nitrogens with one attached hydrogen (secondary N) is 1. The van der Waals surface area contributed by atoms with Crippen LogP contribution >= 0.6 is 0 Å². The maximum absolute atomic E-state index is 16.8. The highest BCUT2D eigenvalue weighted by atomic mass is 19.1. The molecule has 4 saturated heterocycles. The Hall–Kier alpha value is -4.02. The third kappa shape index (κ3) is 4.86. The van der Waals surface area contributed by atoms with Gasteiger partial charge in [-0.1, -0.05) is 30.3 Å². The first-order valence-corrected chi connectivity index (χ1v) is 16.2. The summed E-state index contributed by atoms with van der Waals surface area (Å²) in [4.78, 5) is 29.0. The number of carbonyl (C=O) groups is 1. The zero-order valence-electron chi connectivity index (χ0n) is 25.6. The summed E-state index contributed by atoms with van der Waals surface area (Å²) in [6.45, 7) is 4.43. The first-order valence-electron chi connectivity index (χ1n) is 16.2. The molecule has 4 fully saturated rings. The van der Waals surface area contributed by atoms with Crippen molar-refractivity contribution >= 4 is 33.4 Å². The molecule has 2 bridgehead atoms. The van der Waals surface area contributed by atoms with Crippen LogP contribution in [0.2, 0.25) is 0 Å². The van der Waals surface area contributed by atoms with E-state index in [0.717, 1.165) is 62.4 Å². The lowest BCUT2D eigenvalue weighted by atomic mass is 9.95. The number of carbonyl (C=O) groups excluding carboxylic acids is 1. The highest BCUT2D eigenvalue weighted by Gasteiger charge is 2.45. The molecule has 1 amide bonds.